The van der Waals surface area contributed by atoms with Gasteiger partial charge < -0.3 is 15.0 Å². The average Bonchev–Trinajstić information content (AvgIpc) is 2.74. The van der Waals surface area contributed by atoms with Crippen LogP contribution in [0.2, 0.25) is 0 Å². The average molecular weight is 388 g/mol. The number of ether oxygens (including phenoxy) is 1. The van der Waals surface area contributed by atoms with E-state index in [0.717, 1.165) is 57.4 Å². The summed E-state index contributed by atoms with van der Waals surface area (Å²) in [5, 5.41) is 2.98. The van der Waals surface area contributed by atoms with Gasteiger partial charge in [0.05, 0.1) is 12.5 Å². The number of hydrogen-bond donors (Lipinski definition) is 1. The van der Waals surface area contributed by atoms with Crippen LogP contribution >= 0.6 is 0 Å². The number of carbonyl (C=O) groups is 2. The van der Waals surface area contributed by atoms with Crippen molar-refractivity contribution in [2.45, 2.75) is 38.6 Å². The molecule has 0 bridgehead atoms. The molecule has 3 rings (SSSR count). The standard InChI is InChI=1S/C22H33N3O3/c1-17-5-7-18(8-6-17)22(27)24-13-9-20(10-14-24)25-12-3-4-19(16-25)21(26)23-11-15-28-2/h5-8,19-20H,3-4,9-16H2,1-2H3,(H,23,26)/t19-/m0/s1. The first-order valence-electron chi connectivity index (χ1n) is 10.4. The number of benzene rings is 1. The Morgan fingerprint density at radius 1 is 1.11 bits per heavy atom. The number of hydrogen-bond acceptors (Lipinski definition) is 4. The lowest BCUT2D eigenvalue weighted by molar-refractivity contribution is -0.127. The molecule has 0 aliphatic carbocycles. The smallest absolute Gasteiger partial charge is 0.253 e. The number of likely N-dealkylation sites (tertiary alicyclic amines) is 2. The molecular weight excluding hydrogens is 354 g/mol. The number of nitrogens with one attached hydrogen (secondary N) is 1. The van der Waals surface area contributed by atoms with Crippen LogP contribution in [-0.4, -0.2) is 74.1 Å². The maximum Gasteiger partial charge on any atom is 0.253 e. The number of rotatable bonds is 6. The zero-order valence-corrected chi connectivity index (χ0v) is 17.2. The third-order valence-electron chi connectivity index (χ3n) is 6.00. The minimum Gasteiger partial charge on any atom is -0.383 e. The maximum absolute atomic E-state index is 12.7. The van der Waals surface area contributed by atoms with Crippen molar-refractivity contribution in [1.29, 1.82) is 0 Å². The second-order valence-corrected chi connectivity index (χ2v) is 8.01. The molecule has 2 amide bonds. The van der Waals surface area contributed by atoms with Crippen LogP contribution in [0.15, 0.2) is 24.3 Å². The van der Waals surface area contributed by atoms with Crippen molar-refractivity contribution < 1.29 is 14.3 Å². The third kappa shape index (κ3) is 5.32. The SMILES string of the molecule is COCCNC(=O)[C@H]1CCCN(C2CCN(C(=O)c3ccc(C)cc3)CC2)C1. The van der Waals surface area contributed by atoms with Gasteiger partial charge in [-0.2, -0.15) is 0 Å². The number of methoxy groups -OCH3 is 1. The number of amides is 2. The molecule has 6 nitrogen and oxygen atoms in total. The van der Waals surface area contributed by atoms with Crippen LogP contribution in [-0.2, 0) is 9.53 Å². The molecule has 2 aliphatic heterocycles. The number of nitrogens with zero attached hydrogens (tertiary/aromatic N) is 2. The number of carbonyl (C=O) groups excluding carboxylic acids is 2. The second-order valence-electron chi connectivity index (χ2n) is 8.01. The van der Waals surface area contributed by atoms with Gasteiger partial charge in [0, 0.05) is 44.9 Å². The van der Waals surface area contributed by atoms with Gasteiger partial charge in [0.1, 0.15) is 0 Å². The Balaban J connectivity index is 1.48. The zero-order chi connectivity index (χ0) is 19.9. The van der Waals surface area contributed by atoms with E-state index in [-0.39, 0.29) is 17.7 Å². The zero-order valence-electron chi connectivity index (χ0n) is 17.2. The molecule has 0 aromatic heterocycles. The minimum atomic E-state index is 0.0674. The molecule has 0 unspecified atom stereocenters. The first-order chi connectivity index (χ1) is 13.6. The van der Waals surface area contributed by atoms with E-state index in [1.807, 2.05) is 36.1 Å². The lowest BCUT2D eigenvalue weighted by atomic mass is 9.93. The van der Waals surface area contributed by atoms with Crippen molar-refractivity contribution in [2.75, 3.05) is 46.4 Å². The van der Waals surface area contributed by atoms with E-state index >= 15 is 0 Å². The van der Waals surface area contributed by atoms with Crippen LogP contribution in [0.3, 0.4) is 0 Å². The molecule has 28 heavy (non-hydrogen) atoms. The van der Waals surface area contributed by atoms with Crippen LogP contribution in [0.5, 0.6) is 0 Å². The highest BCUT2D eigenvalue weighted by Crippen LogP contribution is 2.24. The quantitative estimate of drug-likeness (QED) is 0.759. The Morgan fingerprint density at radius 2 is 1.82 bits per heavy atom. The Labute approximate surface area is 168 Å². The summed E-state index contributed by atoms with van der Waals surface area (Å²) in [5.74, 6) is 0.346. The van der Waals surface area contributed by atoms with E-state index in [1.54, 1.807) is 7.11 Å². The molecule has 1 aromatic carbocycles. The summed E-state index contributed by atoms with van der Waals surface area (Å²) in [6.45, 7) is 6.62. The molecule has 0 spiro atoms. The van der Waals surface area contributed by atoms with E-state index in [2.05, 4.69) is 10.2 Å². The van der Waals surface area contributed by atoms with Gasteiger partial charge in [-0.15, -0.1) is 0 Å². The molecule has 2 saturated heterocycles. The fourth-order valence-corrected chi connectivity index (χ4v) is 4.29. The van der Waals surface area contributed by atoms with Crippen molar-refractivity contribution in [1.82, 2.24) is 15.1 Å². The van der Waals surface area contributed by atoms with Crippen LogP contribution in [0.4, 0.5) is 0 Å². The van der Waals surface area contributed by atoms with Crippen LogP contribution < -0.4 is 5.32 Å². The van der Waals surface area contributed by atoms with Crippen LogP contribution in [0, 0.1) is 12.8 Å². The van der Waals surface area contributed by atoms with Gasteiger partial charge in [0.2, 0.25) is 5.91 Å². The van der Waals surface area contributed by atoms with Gasteiger partial charge >= 0.3 is 0 Å². The van der Waals surface area contributed by atoms with Crippen LogP contribution in [0.25, 0.3) is 0 Å². The molecule has 0 radical (unpaired) electrons. The fraction of sp³-hybridized carbons (Fsp3) is 0.636. The van der Waals surface area contributed by atoms with Gasteiger partial charge in [-0.05, 0) is 51.3 Å². The van der Waals surface area contributed by atoms with Crippen molar-refractivity contribution in [2.24, 2.45) is 5.92 Å². The first kappa shape index (κ1) is 20.8. The Kier molecular flexibility index (Phi) is 7.45. The monoisotopic (exact) mass is 387 g/mol. The Bertz CT molecular complexity index is 653. The van der Waals surface area contributed by atoms with Crippen LogP contribution in [0.1, 0.15) is 41.6 Å². The van der Waals surface area contributed by atoms with Gasteiger partial charge in [-0.25, -0.2) is 0 Å². The van der Waals surface area contributed by atoms with Crippen molar-refractivity contribution in [3.05, 3.63) is 35.4 Å². The Morgan fingerprint density at radius 3 is 2.50 bits per heavy atom. The summed E-state index contributed by atoms with van der Waals surface area (Å²) in [5.41, 5.74) is 1.94. The molecule has 2 aliphatic rings. The van der Waals surface area contributed by atoms with E-state index in [9.17, 15) is 9.59 Å². The predicted molar refractivity (Wildman–Crippen MR) is 109 cm³/mol. The summed E-state index contributed by atoms with van der Waals surface area (Å²) in [7, 11) is 1.64. The van der Waals surface area contributed by atoms with Gasteiger partial charge in [-0.3, -0.25) is 14.5 Å². The molecule has 2 heterocycles. The Hall–Kier alpha value is -1.92. The molecule has 2 fully saturated rings. The van der Waals surface area contributed by atoms with E-state index in [1.165, 1.54) is 5.56 Å². The maximum atomic E-state index is 12.7. The fourth-order valence-electron chi connectivity index (χ4n) is 4.29. The molecule has 1 N–H and O–H groups in total. The van der Waals surface area contributed by atoms with Crippen molar-refractivity contribution >= 4 is 11.8 Å². The molecule has 6 heteroatoms. The van der Waals surface area contributed by atoms with E-state index in [0.29, 0.717) is 19.2 Å². The summed E-state index contributed by atoms with van der Waals surface area (Å²) >= 11 is 0. The van der Waals surface area contributed by atoms with Crippen molar-refractivity contribution in [3.63, 3.8) is 0 Å². The number of aryl methyl sites for hydroxylation is 1. The predicted octanol–water partition coefficient (Wildman–Crippen LogP) is 2.07. The molecule has 154 valence electrons. The summed E-state index contributed by atoms with van der Waals surface area (Å²) in [6, 6.07) is 8.29. The van der Waals surface area contributed by atoms with Gasteiger partial charge in [0.15, 0.2) is 0 Å². The van der Waals surface area contributed by atoms with E-state index in [4.69, 9.17) is 4.74 Å². The summed E-state index contributed by atoms with van der Waals surface area (Å²) < 4.78 is 5.01. The molecule has 0 saturated carbocycles. The second kappa shape index (κ2) is 10.0. The minimum absolute atomic E-state index is 0.0674. The van der Waals surface area contributed by atoms with E-state index < -0.39 is 0 Å². The lowest BCUT2D eigenvalue weighted by Crippen LogP contribution is -2.51. The highest BCUT2D eigenvalue weighted by molar-refractivity contribution is 5.94. The molecule has 1 atom stereocenters. The highest BCUT2D eigenvalue weighted by Gasteiger charge is 2.32. The lowest BCUT2D eigenvalue weighted by Gasteiger charge is -2.42. The third-order valence-corrected chi connectivity index (χ3v) is 6.00. The molecular formula is C22H33N3O3. The highest BCUT2D eigenvalue weighted by atomic mass is 16.5. The normalized spacial score (nSPS) is 21.5. The first-order valence-corrected chi connectivity index (χ1v) is 10.4. The largest absolute Gasteiger partial charge is 0.383 e. The topological polar surface area (TPSA) is 61.9 Å². The summed E-state index contributed by atoms with van der Waals surface area (Å²) in [4.78, 5) is 29.5. The van der Waals surface area contributed by atoms with Crippen molar-refractivity contribution in [3.8, 4) is 0 Å². The summed E-state index contributed by atoms with van der Waals surface area (Å²) in [6.07, 6.45) is 3.98. The van der Waals surface area contributed by atoms with Gasteiger partial charge in [0.25, 0.3) is 5.91 Å². The van der Waals surface area contributed by atoms with Gasteiger partial charge in [-0.1, -0.05) is 17.7 Å². The molecule has 1 aromatic rings. The number of piperidine rings is 2.